The largest absolute Gasteiger partial charge is 0.396 e. The first-order valence-corrected chi connectivity index (χ1v) is 10.5. The highest BCUT2D eigenvalue weighted by atomic mass is 16.7. The number of aliphatic hydroxyl groups excluding tert-OH is 1. The molecule has 1 rings (SSSR count). The van der Waals surface area contributed by atoms with Crippen LogP contribution in [0.3, 0.4) is 0 Å². The van der Waals surface area contributed by atoms with Gasteiger partial charge in [-0.1, -0.05) is 56.5 Å². The molecule has 0 aliphatic heterocycles. The zero-order chi connectivity index (χ0) is 22.2. The summed E-state index contributed by atoms with van der Waals surface area (Å²) in [5, 5.41) is 23.0. The molecule has 0 bridgehead atoms. The quantitative estimate of drug-likeness (QED) is 0.0958. The van der Waals surface area contributed by atoms with Gasteiger partial charge in [-0.3, -0.25) is 19.8 Å². The van der Waals surface area contributed by atoms with Crippen LogP contribution >= 0.6 is 0 Å². The van der Waals surface area contributed by atoms with Crippen LogP contribution in [0.2, 0.25) is 0 Å². The Morgan fingerprint density at radius 3 is 2.53 bits per heavy atom. The third-order valence-corrected chi connectivity index (χ3v) is 4.37. The van der Waals surface area contributed by atoms with E-state index in [4.69, 9.17) is 21.1 Å². The number of guanidine groups is 1. The summed E-state index contributed by atoms with van der Waals surface area (Å²) in [7, 11) is 0. The van der Waals surface area contributed by atoms with Gasteiger partial charge in [-0.2, -0.15) is 5.06 Å². The molecule has 0 saturated heterocycles. The molecule has 1 aromatic carbocycles. The zero-order valence-electron chi connectivity index (χ0n) is 17.7. The standard InChI is InChI=1S/C21H35N5O4/c1-2-3-4-8-13-18(28)25-19(20(29)24-14-9-10-15-27)26(21(22)23)30-16-17-11-6-5-7-12-17/h5-7,11-12,19,27H,2-4,8-10,13-16H2,1H3,(H3,22,23)(H,24,29)(H,25,28). The second-order valence-electron chi connectivity index (χ2n) is 6.97. The topological polar surface area (TPSA) is 141 Å². The van der Waals surface area contributed by atoms with Crippen LogP contribution in [0.1, 0.15) is 57.4 Å². The minimum atomic E-state index is -1.26. The number of unbranched alkanes of at least 4 members (excludes halogenated alkanes) is 4. The molecule has 2 amide bonds. The van der Waals surface area contributed by atoms with Crippen molar-refractivity contribution in [2.24, 2.45) is 5.73 Å². The number of nitrogens with two attached hydrogens (primary N) is 1. The van der Waals surface area contributed by atoms with E-state index in [2.05, 4.69) is 17.6 Å². The maximum Gasteiger partial charge on any atom is 0.265 e. The molecule has 9 nitrogen and oxygen atoms in total. The van der Waals surface area contributed by atoms with Crippen molar-refractivity contribution in [1.29, 1.82) is 5.41 Å². The average Bonchev–Trinajstić information content (AvgIpc) is 2.74. The Hall–Kier alpha value is -2.65. The summed E-state index contributed by atoms with van der Waals surface area (Å²) in [6.45, 7) is 2.54. The van der Waals surface area contributed by atoms with E-state index in [1.807, 2.05) is 30.3 Å². The Bertz CT molecular complexity index is 642. The van der Waals surface area contributed by atoms with Crippen molar-refractivity contribution in [3.8, 4) is 0 Å². The maximum absolute atomic E-state index is 12.7. The van der Waals surface area contributed by atoms with Crippen LogP contribution in [0.4, 0.5) is 0 Å². The molecule has 6 N–H and O–H groups in total. The molecule has 0 aromatic heterocycles. The summed E-state index contributed by atoms with van der Waals surface area (Å²) in [5.41, 5.74) is 6.48. The molecule has 168 valence electrons. The lowest BCUT2D eigenvalue weighted by molar-refractivity contribution is -0.167. The van der Waals surface area contributed by atoms with Crippen LogP contribution < -0.4 is 16.4 Å². The molecule has 1 aromatic rings. The highest BCUT2D eigenvalue weighted by Gasteiger charge is 2.30. The Labute approximate surface area is 178 Å². The minimum Gasteiger partial charge on any atom is -0.396 e. The smallest absolute Gasteiger partial charge is 0.265 e. The molecule has 9 heteroatoms. The fraction of sp³-hybridized carbons (Fsp3) is 0.571. The van der Waals surface area contributed by atoms with Gasteiger partial charge >= 0.3 is 0 Å². The normalized spacial score (nSPS) is 11.5. The molecular weight excluding hydrogens is 386 g/mol. The number of carbonyl (C=O) groups excluding carboxylic acids is 2. The lowest BCUT2D eigenvalue weighted by Crippen LogP contribution is -2.59. The summed E-state index contributed by atoms with van der Waals surface area (Å²) in [6, 6.07) is 9.25. The van der Waals surface area contributed by atoms with Gasteiger partial charge in [0.05, 0.1) is 0 Å². The van der Waals surface area contributed by atoms with Crippen molar-refractivity contribution in [3.63, 3.8) is 0 Å². The third-order valence-electron chi connectivity index (χ3n) is 4.37. The Morgan fingerprint density at radius 2 is 1.90 bits per heavy atom. The van der Waals surface area contributed by atoms with Crippen molar-refractivity contribution in [2.45, 2.75) is 64.6 Å². The van der Waals surface area contributed by atoms with Gasteiger partial charge < -0.3 is 21.5 Å². The predicted octanol–water partition coefficient (Wildman–Crippen LogP) is 1.62. The third kappa shape index (κ3) is 10.2. The first kappa shape index (κ1) is 25.4. The van der Waals surface area contributed by atoms with Crippen LogP contribution in [-0.4, -0.2) is 47.3 Å². The van der Waals surface area contributed by atoms with E-state index in [0.717, 1.165) is 36.3 Å². The fourth-order valence-corrected chi connectivity index (χ4v) is 2.71. The first-order chi connectivity index (χ1) is 14.5. The fourth-order valence-electron chi connectivity index (χ4n) is 2.71. The molecule has 0 aliphatic carbocycles. The van der Waals surface area contributed by atoms with E-state index in [1.54, 1.807) is 0 Å². The molecule has 0 heterocycles. The molecule has 0 aliphatic rings. The molecule has 0 radical (unpaired) electrons. The number of nitrogens with zero attached hydrogens (tertiary/aromatic N) is 1. The van der Waals surface area contributed by atoms with Gasteiger partial charge in [0.1, 0.15) is 6.61 Å². The molecule has 30 heavy (non-hydrogen) atoms. The van der Waals surface area contributed by atoms with Crippen LogP contribution in [0.25, 0.3) is 0 Å². The molecule has 0 saturated carbocycles. The zero-order valence-corrected chi connectivity index (χ0v) is 17.7. The van der Waals surface area contributed by atoms with Gasteiger partial charge in [0.25, 0.3) is 5.91 Å². The van der Waals surface area contributed by atoms with Crippen molar-refractivity contribution in [2.75, 3.05) is 13.2 Å². The van der Waals surface area contributed by atoms with Crippen molar-refractivity contribution in [1.82, 2.24) is 15.7 Å². The summed E-state index contributed by atoms with van der Waals surface area (Å²) < 4.78 is 0. The number of aliphatic hydroxyl groups is 1. The molecular formula is C21H35N5O4. The van der Waals surface area contributed by atoms with Crippen molar-refractivity contribution < 1.29 is 19.5 Å². The highest BCUT2D eigenvalue weighted by Crippen LogP contribution is 2.07. The summed E-state index contributed by atoms with van der Waals surface area (Å²) >= 11 is 0. The van der Waals surface area contributed by atoms with Gasteiger partial charge in [-0.05, 0) is 24.8 Å². The van der Waals surface area contributed by atoms with Gasteiger partial charge in [0.15, 0.2) is 0 Å². The lowest BCUT2D eigenvalue weighted by atomic mass is 10.1. The van der Waals surface area contributed by atoms with Gasteiger partial charge in [-0.25, -0.2) is 0 Å². The van der Waals surface area contributed by atoms with E-state index < -0.39 is 18.0 Å². The summed E-state index contributed by atoms with van der Waals surface area (Å²) in [5.74, 6) is -1.33. The van der Waals surface area contributed by atoms with Crippen LogP contribution in [-0.2, 0) is 21.0 Å². The number of rotatable bonds is 15. The van der Waals surface area contributed by atoms with Gasteiger partial charge in [0.2, 0.25) is 18.0 Å². The van der Waals surface area contributed by atoms with Gasteiger partial charge in [0, 0.05) is 19.6 Å². The van der Waals surface area contributed by atoms with E-state index in [-0.39, 0.29) is 25.5 Å². The van der Waals surface area contributed by atoms with Crippen molar-refractivity contribution in [3.05, 3.63) is 35.9 Å². The van der Waals surface area contributed by atoms with Crippen LogP contribution in [0, 0.1) is 5.41 Å². The molecule has 0 spiro atoms. The predicted molar refractivity (Wildman–Crippen MR) is 115 cm³/mol. The Morgan fingerprint density at radius 1 is 1.17 bits per heavy atom. The second-order valence-corrected chi connectivity index (χ2v) is 6.97. The minimum absolute atomic E-state index is 0.0353. The molecule has 1 unspecified atom stereocenters. The van der Waals surface area contributed by atoms with E-state index in [9.17, 15) is 9.59 Å². The molecule has 1 atom stereocenters. The summed E-state index contributed by atoms with van der Waals surface area (Å²) in [4.78, 5) is 30.7. The SMILES string of the molecule is CCCCCCC(=O)NC(C(=O)NCCCCO)N(OCc1ccccc1)C(=N)N. The van der Waals surface area contributed by atoms with E-state index in [0.29, 0.717) is 19.4 Å². The average molecular weight is 422 g/mol. The Kier molecular flexibility index (Phi) is 12.9. The second kappa shape index (κ2) is 15.2. The maximum atomic E-state index is 12.7. The number of carbonyl (C=O) groups is 2. The number of nitrogens with one attached hydrogen (secondary N) is 3. The lowest BCUT2D eigenvalue weighted by Gasteiger charge is -2.30. The Balaban J connectivity index is 2.80. The van der Waals surface area contributed by atoms with E-state index in [1.165, 1.54) is 0 Å². The number of amides is 2. The van der Waals surface area contributed by atoms with Crippen LogP contribution in [0.15, 0.2) is 30.3 Å². The molecule has 0 fully saturated rings. The summed E-state index contributed by atoms with van der Waals surface area (Å²) in [6.07, 6.45) is 3.91. The number of hydrogen-bond donors (Lipinski definition) is 5. The van der Waals surface area contributed by atoms with Gasteiger partial charge in [-0.15, -0.1) is 0 Å². The number of benzene rings is 1. The first-order valence-electron chi connectivity index (χ1n) is 10.5. The monoisotopic (exact) mass is 421 g/mol. The van der Waals surface area contributed by atoms with Crippen LogP contribution in [0.5, 0.6) is 0 Å². The van der Waals surface area contributed by atoms with Crippen molar-refractivity contribution >= 4 is 17.8 Å². The number of hydroxylamine groups is 2. The number of hydrogen-bond acceptors (Lipinski definition) is 5. The van der Waals surface area contributed by atoms with E-state index >= 15 is 0 Å². The highest BCUT2D eigenvalue weighted by molar-refractivity contribution is 5.90.